The quantitative estimate of drug-likeness (QED) is 0.143. The molecule has 0 saturated carbocycles. The van der Waals surface area contributed by atoms with Crippen LogP contribution in [0.1, 0.15) is 6.42 Å². The minimum atomic E-state index is -2.84. The van der Waals surface area contributed by atoms with Gasteiger partial charge in [0.1, 0.15) is 16.9 Å². The topological polar surface area (TPSA) is 157 Å². The van der Waals surface area contributed by atoms with Crippen LogP contribution < -0.4 is 5.09 Å². The smallest absolute Gasteiger partial charge is 0.358 e. The number of H-pyrrole nitrogens is 1. The van der Waals surface area contributed by atoms with E-state index in [9.17, 15) is 14.7 Å². The van der Waals surface area contributed by atoms with E-state index in [0.29, 0.717) is 52.7 Å². The molecule has 1 saturated heterocycles. The van der Waals surface area contributed by atoms with Gasteiger partial charge in [0, 0.05) is 38.4 Å². The Morgan fingerprint density at radius 1 is 1.30 bits per heavy atom. The molecule has 0 spiro atoms. The molecular weight excluding hydrogens is 516 g/mol. The number of aromatic amines is 1. The number of alkyl halides is 2. The fourth-order valence-corrected chi connectivity index (χ4v) is 6.43. The number of nitro groups is 1. The van der Waals surface area contributed by atoms with Gasteiger partial charge in [-0.1, -0.05) is 0 Å². The molecule has 1 fully saturated rings. The van der Waals surface area contributed by atoms with Gasteiger partial charge in [0.15, 0.2) is 10.7 Å². The molecule has 13 nitrogen and oxygen atoms in total. The van der Waals surface area contributed by atoms with E-state index < -0.39 is 12.6 Å². The average molecular weight is 538 g/mol. The lowest BCUT2D eigenvalue weighted by Crippen LogP contribution is -2.35. The van der Waals surface area contributed by atoms with Crippen LogP contribution in [0.25, 0.3) is 11.2 Å². The van der Waals surface area contributed by atoms with E-state index >= 15 is 0 Å². The molecule has 0 bridgehead atoms. The van der Waals surface area contributed by atoms with Gasteiger partial charge in [-0.3, -0.25) is 4.57 Å². The number of aryl methyl sites for hydroxylation is 1. The van der Waals surface area contributed by atoms with Gasteiger partial charge in [0.2, 0.25) is 6.33 Å². The van der Waals surface area contributed by atoms with Crippen molar-refractivity contribution < 1.29 is 14.0 Å². The van der Waals surface area contributed by atoms with Crippen LogP contribution in [0.3, 0.4) is 0 Å². The van der Waals surface area contributed by atoms with Gasteiger partial charge in [0.05, 0.1) is 12.9 Å². The second kappa shape index (κ2) is 12.1. The fourth-order valence-electron chi connectivity index (χ4n) is 2.84. The summed E-state index contributed by atoms with van der Waals surface area (Å²) in [6.45, 7) is 2.31. The predicted octanol–water partition coefficient (Wildman–Crippen LogP) is 3.03. The van der Waals surface area contributed by atoms with Crippen LogP contribution in [0, 0.1) is 10.1 Å². The van der Waals surface area contributed by atoms with Crippen molar-refractivity contribution in [3.05, 3.63) is 29.1 Å². The first-order valence-electron chi connectivity index (χ1n) is 9.74. The Bertz CT molecular complexity index is 1110. The summed E-state index contributed by atoms with van der Waals surface area (Å²) in [5, 5.41) is 14.8. The molecule has 17 heteroatoms. The number of imidazole rings is 2. The van der Waals surface area contributed by atoms with Crippen LogP contribution in [-0.2, 0) is 16.1 Å². The zero-order chi connectivity index (χ0) is 23.8. The van der Waals surface area contributed by atoms with E-state index in [2.05, 4.69) is 30.0 Å². The molecule has 0 amide bonds. The molecule has 2 N–H and O–H groups in total. The Morgan fingerprint density at radius 2 is 2.06 bits per heavy atom. The number of hydrogen-bond donors (Lipinski definition) is 2. The second-order valence-electron chi connectivity index (χ2n) is 6.57. The Hall–Kier alpha value is -1.80. The highest BCUT2D eigenvalue weighted by Gasteiger charge is 2.32. The maximum Gasteiger partial charge on any atom is 0.396 e. The highest BCUT2D eigenvalue weighted by atomic mass is 35.5. The lowest BCUT2D eigenvalue weighted by Gasteiger charge is -2.33. The zero-order valence-electron chi connectivity index (χ0n) is 17.6. The minimum Gasteiger partial charge on any atom is -0.358 e. The van der Waals surface area contributed by atoms with Crippen LogP contribution in [-0.4, -0.2) is 77.1 Å². The molecule has 1 aliphatic rings. The summed E-state index contributed by atoms with van der Waals surface area (Å²) in [5.74, 6) is 0.650. The van der Waals surface area contributed by atoms with Crippen molar-refractivity contribution in [2.75, 3.05) is 38.0 Å². The highest BCUT2D eigenvalue weighted by Crippen LogP contribution is 2.48. The van der Waals surface area contributed by atoms with Gasteiger partial charge in [-0.05, 0) is 28.1 Å². The third-order valence-corrected chi connectivity index (χ3v) is 8.18. The Balaban J connectivity index is 0.000000196. The molecule has 4 heterocycles. The van der Waals surface area contributed by atoms with Crippen molar-refractivity contribution >= 4 is 59.6 Å². The van der Waals surface area contributed by atoms with Crippen molar-refractivity contribution in [1.29, 1.82) is 0 Å². The Labute approximate surface area is 203 Å². The van der Waals surface area contributed by atoms with E-state index in [1.807, 2.05) is 0 Å². The first-order chi connectivity index (χ1) is 15.9. The first kappa shape index (κ1) is 25.8. The standard InChI is InChI=1S/C9H7N7O2S.C7H15Cl2N2O2P/c1-15-4-14-7(16(17)18)9(15)19-8-5-6(11-2-10-5)12-3-13-8;8-2-5-11(6-3-9)14(12)10-4-1-7-13-14/h2-4H,1H3,(H,10,11,12,13);1-7H2,(H,10,12). The van der Waals surface area contributed by atoms with E-state index in [4.69, 9.17) is 27.7 Å². The molecule has 1 atom stereocenters. The fraction of sp³-hybridized carbons (Fsp3) is 0.500. The molecule has 3 aromatic rings. The van der Waals surface area contributed by atoms with Crippen molar-refractivity contribution in [2.24, 2.45) is 7.05 Å². The van der Waals surface area contributed by atoms with Crippen molar-refractivity contribution in [2.45, 2.75) is 16.5 Å². The zero-order valence-corrected chi connectivity index (χ0v) is 20.8. The Kier molecular flexibility index (Phi) is 9.44. The molecule has 1 unspecified atom stereocenters. The van der Waals surface area contributed by atoms with E-state index in [1.165, 1.54) is 19.0 Å². The molecular formula is C16H22Cl2N9O4PS. The van der Waals surface area contributed by atoms with Gasteiger partial charge in [-0.15, -0.1) is 23.2 Å². The van der Waals surface area contributed by atoms with Gasteiger partial charge in [-0.2, -0.15) is 0 Å². The summed E-state index contributed by atoms with van der Waals surface area (Å²) in [6.07, 6.45) is 5.15. The SMILES string of the molecule is Cn1cnc([N+](=O)[O-])c1Sc1ncnc2nc[nH]c12.O=P1(N(CCCl)CCCl)NCCCO1. The van der Waals surface area contributed by atoms with Crippen molar-refractivity contribution in [3.63, 3.8) is 0 Å². The van der Waals surface area contributed by atoms with Crippen LogP contribution in [0.4, 0.5) is 5.82 Å². The Morgan fingerprint density at radius 3 is 2.70 bits per heavy atom. The molecule has 180 valence electrons. The summed E-state index contributed by atoms with van der Waals surface area (Å²) in [6, 6.07) is 0. The van der Waals surface area contributed by atoms with E-state index in [0.717, 1.165) is 24.7 Å². The summed E-state index contributed by atoms with van der Waals surface area (Å²) in [4.78, 5) is 29.2. The summed E-state index contributed by atoms with van der Waals surface area (Å²) in [5.41, 5.74) is 1.16. The number of aromatic nitrogens is 6. The van der Waals surface area contributed by atoms with E-state index in [1.54, 1.807) is 16.3 Å². The van der Waals surface area contributed by atoms with Gasteiger partial charge < -0.3 is 24.2 Å². The number of fused-ring (bicyclic) bond motifs is 1. The maximum atomic E-state index is 12.2. The lowest BCUT2D eigenvalue weighted by atomic mass is 10.5. The minimum absolute atomic E-state index is 0.196. The summed E-state index contributed by atoms with van der Waals surface area (Å²) < 4.78 is 20.8. The highest BCUT2D eigenvalue weighted by molar-refractivity contribution is 7.99. The van der Waals surface area contributed by atoms with Crippen LogP contribution in [0.15, 0.2) is 29.0 Å². The summed E-state index contributed by atoms with van der Waals surface area (Å²) in [7, 11) is -1.15. The lowest BCUT2D eigenvalue weighted by molar-refractivity contribution is -0.392. The summed E-state index contributed by atoms with van der Waals surface area (Å²) >= 11 is 12.4. The van der Waals surface area contributed by atoms with Gasteiger partial charge >= 0.3 is 13.5 Å². The average Bonchev–Trinajstić information content (AvgIpc) is 3.42. The third kappa shape index (κ3) is 6.41. The van der Waals surface area contributed by atoms with Crippen LogP contribution in [0.5, 0.6) is 0 Å². The molecule has 0 radical (unpaired) electrons. The number of nitrogens with zero attached hydrogens (tertiary/aromatic N) is 7. The molecule has 3 aromatic heterocycles. The van der Waals surface area contributed by atoms with E-state index in [-0.39, 0.29) is 5.82 Å². The van der Waals surface area contributed by atoms with Crippen LogP contribution in [0.2, 0.25) is 0 Å². The molecule has 1 aliphatic heterocycles. The second-order valence-corrected chi connectivity index (χ2v) is 10.5. The van der Waals surface area contributed by atoms with Gasteiger partial charge in [0.25, 0.3) is 0 Å². The maximum absolute atomic E-state index is 12.2. The largest absolute Gasteiger partial charge is 0.396 e. The predicted molar refractivity (Wildman–Crippen MR) is 125 cm³/mol. The molecule has 33 heavy (non-hydrogen) atoms. The molecule has 4 rings (SSSR count). The van der Waals surface area contributed by atoms with Gasteiger partial charge in [-0.25, -0.2) is 24.7 Å². The normalized spacial score (nSPS) is 18.3. The number of hydrogen-bond acceptors (Lipinski definition) is 9. The van der Waals surface area contributed by atoms with Crippen molar-refractivity contribution in [3.8, 4) is 0 Å². The van der Waals surface area contributed by atoms with Crippen LogP contribution >= 0.6 is 42.6 Å². The monoisotopic (exact) mass is 537 g/mol. The third-order valence-electron chi connectivity index (χ3n) is 4.38. The molecule has 0 aliphatic carbocycles. The van der Waals surface area contributed by atoms with Crippen molar-refractivity contribution in [1.82, 2.24) is 39.2 Å². The number of halogens is 2. The molecule has 0 aromatic carbocycles. The number of rotatable bonds is 8. The number of nitrogens with one attached hydrogen (secondary N) is 2. The first-order valence-corrected chi connectivity index (χ1v) is 13.2.